The summed E-state index contributed by atoms with van der Waals surface area (Å²) in [6.07, 6.45) is 6.16. The number of pyridine rings is 1. The second-order valence-electron chi connectivity index (χ2n) is 7.02. The lowest BCUT2D eigenvalue weighted by atomic mass is 10.0. The van der Waals surface area contributed by atoms with Crippen molar-refractivity contribution in [2.24, 2.45) is 0 Å². The number of carbonyl (C=O) groups is 1. The number of hydrogen-bond acceptors (Lipinski definition) is 5. The molecule has 1 aliphatic heterocycles. The Morgan fingerprint density at radius 2 is 2.23 bits per heavy atom. The Bertz CT molecular complexity index is 1180. The lowest BCUT2D eigenvalue weighted by Crippen LogP contribution is -2.37. The van der Waals surface area contributed by atoms with Gasteiger partial charge in [-0.2, -0.15) is 5.26 Å². The fraction of sp³-hybridized carbons (Fsp3) is 0.227. The highest BCUT2D eigenvalue weighted by Gasteiger charge is 2.18. The molecule has 8 heteroatoms. The van der Waals surface area contributed by atoms with E-state index < -0.39 is 0 Å². The molecule has 152 valence electrons. The van der Waals surface area contributed by atoms with Crippen LogP contribution in [0.15, 0.2) is 42.6 Å². The summed E-state index contributed by atoms with van der Waals surface area (Å²) in [4.78, 5) is 21.3. The Morgan fingerprint density at radius 3 is 2.97 bits per heavy atom. The van der Waals surface area contributed by atoms with E-state index in [9.17, 15) is 9.18 Å². The van der Waals surface area contributed by atoms with Crippen LogP contribution in [0.1, 0.15) is 12.1 Å². The van der Waals surface area contributed by atoms with E-state index >= 15 is 0 Å². The van der Waals surface area contributed by atoms with Gasteiger partial charge in [0.25, 0.3) is 0 Å². The van der Waals surface area contributed by atoms with Crippen molar-refractivity contribution < 1.29 is 13.9 Å². The molecule has 0 spiro atoms. The number of aromatic nitrogens is 2. The maximum atomic E-state index is 13.9. The molecule has 1 amide bonds. The number of nitrogens with zero attached hydrogens (tertiary/aromatic N) is 3. The van der Waals surface area contributed by atoms with Crippen LogP contribution in [-0.4, -0.2) is 47.5 Å². The summed E-state index contributed by atoms with van der Waals surface area (Å²) in [5, 5.41) is 11.6. The number of rotatable bonds is 5. The quantitative estimate of drug-likeness (QED) is 0.503. The summed E-state index contributed by atoms with van der Waals surface area (Å²) in [6, 6.07) is 8.32. The van der Waals surface area contributed by atoms with Crippen LogP contribution in [0.5, 0.6) is 5.75 Å². The van der Waals surface area contributed by atoms with Crippen LogP contribution < -0.4 is 10.1 Å². The molecule has 2 aromatic heterocycles. The third-order valence-electron chi connectivity index (χ3n) is 5.19. The van der Waals surface area contributed by atoms with Gasteiger partial charge in [-0.25, -0.2) is 9.37 Å². The van der Waals surface area contributed by atoms with E-state index in [0.29, 0.717) is 30.0 Å². The minimum Gasteiger partial charge on any atom is -0.496 e. The molecule has 1 aliphatic rings. The number of nitriles is 1. The van der Waals surface area contributed by atoms with Crippen LogP contribution in [0.4, 0.5) is 4.39 Å². The van der Waals surface area contributed by atoms with E-state index in [2.05, 4.69) is 21.4 Å². The smallest absolute Gasteiger partial charge is 0.247 e. The van der Waals surface area contributed by atoms with Gasteiger partial charge in [-0.3, -0.25) is 15.0 Å². The molecule has 0 bridgehead atoms. The molecule has 0 saturated heterocycles. The SMILES string of the molecule is COc1ccc(F)cc1-c1ccnc2[nH]c(C3=CCN(CC(=O)NC#N)CC3)cc12. The maximum absolute atomic E-state index is 13.9. The first-order valence-corrected chi connectivity index (χ1v) is 9.50. The largest absolute Gasteiger partial charge is 0.496 e. The van der Waals surface area contributed by atoms with Gasteiger partial charge < -0.3 is 9.72 Å². The van der Waals surface area contributed by atoms with Crippen LogP contribution in [0.2, 0.25) is 0 Å². The number of halogens is 1. The minimum absolute atomic E-state index is 0.190. The summed E-state index contributed by atoms with van der Waals surface area (Å²) in [7, 11) is 1.56. The van der Waals surface area contributed by atoms with Crippen LogP contribution in [0, 0.1) is 17.3 Å². The molecule has 0 aliphatic carbocycles. The van der Waals surface area contributed by atoms with Crippen molar-refractivity contribution in [3.05, 3.63) is 54.1 Å². The van der Waals surface area contributed by atoms with Gasteiger partial charge in [0.2, 0.25) is 5.91 Å². The van der Waals surface area contributed by atoms with Crippen molar-refractivity contribution in [2.45, 2.75) is 6.42 Å². The predicted octanol–water partition coefficient (Wildman–Crippen LogP) is 3.06. The molecule has 1 aromatic carbocycles. The van der Waals surface area contributed by atoms with E-state index in [1.165, 1.54) is 12.1 Å². The Balaban J connectivity index is 1.64. The van der Waals surface area contributed by atoms with E-state index in [1.54, 1.807) is 25.6 Å². The van der Waals surface area contributed by atoms with Gasteiger partial charge in [0.15, 0.2) is 6.19 Å². The molecule has 2 N–H and O–H groups in total. The fourth-order valence-electron chi connectivity index (χ4n) is 3.73. The minimum atomic E-state index is -0.331. The average molecular weight is 405 g/mol. The molecular formula is C22H20FN5O2. The highest BCUT2D eigenvalue weighted by atomic mass is 19.1. The van der Waals surface area contributed by atoms with Crippen molar-refractivity contribution in [1.29, 1.82) is 5.26 Å². The number of amides is 1. The van der Waals surface area contributed by atoms with Gasteiger partial charge in [-0.1, -0.05) is 6.08 Å². The number of fused-ring (bicyclic) bond motifs is 1. The van der Waals surface area contributed by atoms with Gasteiger partial charge >= 0.3 is 0 Å². The summed E-state index contributed by atoms with van der Waals surface area (Å²) in [5.74, 6) is -0.0466. The Morgan fingerprint density at radius 1 is 1.37 bits per heavy atom. The van der Waals surface area contributed by atoms with Crippen molar-refractivity contribution in [2.75, 3.05) is 26.7 Å². The van der Waals surface area contributed by atoms with Crippen molar-refractivity contribution in [3.8, 4) is 23.1 Å². The first-order valence-electron chi connectivity index (χ1n) is 9.50. The lowest BCUT2D eigenvalue weighted by molar-refractivity contribution is -0.121. The normalized spacial score (nSPS) is 14.2. The van der Waals surface area contributed by atoms with E-state index in [-0.39, 0.29) is 18.3 Å². The molecule has 3 heterocycles. The molecule has 0 fully saturated rings. The summed E-state index contributed by atoms with van der Waals surface area (Å²) >= 11 is 0. The first kappa shape index (κ1) is 19.6. The number of nitrogens with one attached hydrogen (secondary N) is 2. The molecule has 0 unspecified atom stereocenters. The van der Waals surface area contributed by atoms with Crippen LogP contribution in [0.3, 0.4) is 0 Å². The number of ether oxygens (including phenoxy) is 1. The second kappa shape index (κ2) is 8.35. The van der Waals surface area contributed by atoms with Crippen molar-refractivity contribution >= 4 is 22.5 Å². The number of methoxy groups -OCH3 is 1. The van der Waals surface area contributed by atoms with Crippen molar-refractivity contribution in [1.82, 2.24) is 20.2 Å². The van der Waals surface area contributed by atoms with Gasteiger partial charge in [-0.15, -0.1) is 0 Å². The zero-order valence-corrected chi connectivity index (χ0v) is 16.4. The first-order chi connectivity index (χ1) is 14.6. The highest BCUT2D eigenvalue weighted by molar-refractivity contribution is 5.96. The molecule has 3 aromatic rings. The number of H-pyrrole nitrogens is 1. The topological polar surface area (TPSA) is 94.0 Å². The average Bonchev–Trinajstić information content (AvgIpc) is 3.19. The number of benzene rings is 1. The molecular weight excluding hydrogens is 385 g/mol. The predicted molar refractivity (Wildman–Crippen MR) is 111 cm³/mol. The van der Waals surface area contributed by atoms with E-state index in [4.69, 9.17) is 10.00 Å². The van der Waals surface area contributed by atoms with Gasteiger partial charge in [0, 0.05) is 35.9 Å². The van der Waals surface area contributed by atoms with E-state index in [1.807, 2.05) is 17.0 Å². The Hall–Kier alpha value is -3.70. The van der Waals surface area contributed by atoms with Gasteiger partial charge in [0.1, 0.15) is 17.2 Å². The molecule has 0 radical (unpaired) electrons. The number of hydrogen-bond donors (Lipinski definition) is 2. The molecule has 0 saturated carbocycles. The number of aromatic amines is 1. The van der Waals surface area contributed by atoms with Crippen molar-refractivity contribution in [3.63, 3.8) is 0 Å². The summed E-state index contributed by atoms with van der Waals surface area (Å²) in [5.41, 5.74) is 4.29. The molecule has 0 atom stereocenters. The van der Waals surface area contributed by atoms with Crippen LogP contribution in [-0.2, 0) is 4.79 Å². The van der Waals surface area contributed by atoms with Gasteiger partial charge in [-0.05, 0) is 47.9 Å². The highest BCUT2D eigenvalue weighted by Crippen LogP contribution is 2.36. The molecule has 7 nitrogen and oxygen atoms in total. The number of carbonyl (C=O) groups excluding carboxylic acids is 1. The zero-order valence-electron chi connectivity index (χ0n) is 16.4. The second-order valence-corrected chi connectivity index (χ2v) is 7.02. The Labute approximate surface area is 172 Å². The lowest BCUT2D eigenvalue weighted by Gasteiger charge is -2.24. The van der Waals surface area contributed by atoms with Crippen LogP contribution in [0.25, 0.3) is 27.7 Å². The maximum Gasteiger partial charge on any atom is 0.247 e. The fourth-order valence-corrected chi connectivity index (χ4v) is 3.73. The molecule has 30 heavy (non-hydrogen) atoms. The third-order valence-corrected chi connectivity index (χ3v) is 5.19. The van der Waals surface area contributed by atoms with Gasteiger partial charge in [0.05, 0.1) is 13.7 Å². The summed E-state index contributed by atoms with van der Waals surface area (Å²) < 4.78 is 19.3. The standard InChI is InChI=1S/C22H20FN5O2/c1-30-20-3-2-15(23)10-17(20)16-4-7-25-22-18(16)11-19(27-22)14-5-8-28(9-6-14)12-21(29)26-13-24/h2-5,7,10-11H,6,8-9,12H2,1H3,(H,25,27)(H,26,29). The molecule has 4 rings (SSSR count). The Kier molecular flexibility index (Phi) is 5.46. The van der Waals surface area contributed by atoms with Crippen LogP contribution >= 0.6 is 0 Å². The summed E-state index contributed by atoms with van der Waals surface area (Å²) in [6.45, 7) is 1.51. The monoisotopic (exact) mass is 405 g/mol. The van der Waals surface area contributed by atoms with E-state index in [0.717, 1.165) is 28.6 Å². The third kappa shape index (κ3) is 3.88. The zero-order chi connectivity index (χ0) is 21.1.